The van der Waals surface area contributed by atoms with Crippen LogP contribution in [0.5, 0.6) is 0 Å². The largest absolute Gasteiger partial charge is 0.466 e. The van der Waals surface area contributed by atoms with Crippen LogP contribution in [0.2, 0.25) is 0 Å². The lowest BCUT2D eigenvalue weighted by Gasteiger charge is -2.05. The van der Waals surface area contributed by atoms with Crippen LogP contribution in [0.25, 0.3) is 0 Å². The number of rotatable bonds is 4. The molecule has 0 fully saturated rings. The van der Waals surface area contributed by atoms with Gasteiger partial charge in [-0.1, -0.05) is 26.8 Å². The van der Waals surface area contributed by atoms with Crippen LogP contribution in [0.4, 0.5) is 0 Å². The van der Waals surface area contributed by atoms with E-state index in [1.54, 1.807) is 0 Å². The standard InChI is InChI=1S/C7H14O2.C4H8/c1-4-6(3)7(8)9-5-2;1-3-4-2/h6H,4-5H2,1-3H3;3H,1,4H2,2H3. The predicted octanol–water partition coefficient (Wildman–Crippen LogP) is 3.18. The van der Waals surface area contributed by atoms with E-state index < -0.39 is 0 Å². The van der Waals surface area contributed by atoms with Crippen molar-refractivity contribution in [2.24, 2.45) is 5.92 Å². The Kier molecular flexibility index (Phi) is 12.7. The van der Waals surface area contributed by atoms with Crippen molar-refractivity contribution >= 4 is 5.97 Å². The Morgan fingerprint density at radius 2 is 1.92 bits per heavy atom. The molecule has 0 amide bonds. The second-order valence-corrected chi connectivity index (χ2v) is 2.76. The number of hydrogen-bond donors (Lipinski definition) is 0. The fraction of sp³-hybridized carbons (Fsp3) is 0.727. The maximum atomic E-state index is 10.8. The van der Waals surface area contributed by atoms with Crippen LogP contribution in [-0.2, 0) is 9.53 Å². The third-order valence-corrected chi connectivity index (χ3v) is 1.59. The average molecular weight is 186 g/mol. The highest BCUT2D eigenvalue weighted by Gasteiger charge is 2.09. The van der Waals surface area contributed by atoms with Gasteiger partial charge in [-0.25, -0.2) is 0 Å². The van der Waals surface area contributed by atoms with E-state index in [0.717, 1.165) is 12.8 Å². The Bertz CT molecular complexity index is 130. The van der Waals surface area contributed by atoms with Crippen LogP contribution < -0.4 is 0 Å². The van der Waals surface area contributed by atoms with Gasteiger partial charge in [0.15, 0.2) is 0 Å². The molecule has 0 spiro atoms. The average Bonchev–Trinajstić information content (AvgIpc) is 2.17. The van der Waals surface area contributed by atoms with Crippen LogP contribution in [0, 0.1) is 5.92 Å². The molecule has 1 unspecified atom stereocenters. The SMILES string of the molecule is C=CCC.CCOC(=O)C(C)CC. The molecule has 1 atom stereocenters. The Morgan fingerprint density at radius 3 is 2.15 bits per heavy atom. The molecule has 0 aromatic rings. The molecule has 0 radical (unpaired) electrons. The molecule has 78 valence electrons. The highest BCUT2D eigenvalue weighted by Crippen LogP contribution is 2.01. The van der Waals surface area contributed by atoms with E-state index in [-0.39, 0.29) is 11.9 Å². The summed E-state index contributed by atoms with van der Waals surface area (Å²) in [5, 5.41) is 0. The van der Waals surface area contributed by atoms with Crippen molar-refractivity contribution in [2.45, 2.75) is 40.5 Å². The normalized spacial score (nSPS) is 10.8. The van der Waals surface area contributed by atoms with Crippen LogP contribution >= 0.6 is 0 Å². The van der Waals surface area contributed by atoms with Crippen LogP contribution in [0.15, 0.2) is 12.7 Å². The molecule has 0 heterocycles. The van der Waals surface area contributed by atoms with Gasteiger partial charge in [-0.2, -0.15) is 0 Å². The highest BCUT2D eigenvalue weighted by atomic mass is 16.5. The van der Waals surface area contributed by atoms with Crippen molar-refractivity contribution in [3.8, 4) is 0 Å². The van der Waals surface area contributed by atoms with E-state index in [1.807, 2.05) is 26.8 Å². The molecule has 0 aromatic carbocycles. The van der Waals surface area contributed by atoms with Gasteiger partial charge in [-0.15, -0.1) is 6.58 Å². The number of carbonyl (C=O) groups excluding carboxylic acids is 1. The maximum Gasteiger partial charge on any atom is 0.308 e. The minimum Gasteiger partial charge on any atom is -0.466 e. The fourth-order valence-electron chi connectivity index (χ4n) is 0.451. The molecule has 0 aliphatic carbocycles. The lowest BCUT2D eigenvalue weighted by molar-refractivity contribution is -0.147. The molecule has 2 nitrogen and oxygen atoms in total. The molecule has 0 saturated heterocycles. The summed E-state index contributed by atoms with van der Waals surface area (Å²) in [6.45, 7) is 11.7. The molecule has 0 rings (SSSR count). The van der Waals surface area contributed by atoms with E-state index in [1.165, 1.54) is 0 Å². The van der Waals surface area contributed by atoms with E-state index in [2.05, 4.69) is 13.5 Å². The minimum absolute atomic E-state index is 0.0601. The maximum absolute atomic E-state index is 10.8. The van der Waals surface area contributed by atoms with Crippen molar-refractivity contribution in [2.75, 3.05) is 6.61 Å². The second-order valence-electron chi connectivity index (χ2n) is 2.76. The lowest BCUT2D eigenvalue weighted by atomic mass is 10.1. The molecule has 0 aliphatic heterocycles. The molecular formula is C11H22O2. The van der Waals surface area contributed by atoms with Crippen molar-refractivity contribution < 1.29 is 9.53 Å². The van der Waals surface area contributed by atoms with Gasteiger partial charge in [0.2, 0.25) is 0 Å². The van der Waals surface area contributed by atoms with Crippen molar-refractivity contribution in [1.82, 2.24) is 0 Å². The number of allylic oxidation sites excluding steroid dienone is 1. The zero-order valence-electron chi connectivity index (χ0n) is 9.30. The van der Waals surface area contributed by atoms with E-state index in [0.29, 0.717) is 6.61 Å². The highest BCUT2D eigenvalue weighted by molar-refractivity contribution is 5.71. The molecule has 13 heavy (non-hydrogen) atoms. The summed E-state index contributed by atoms with van der Waals surface area (Å²) in [7, 11) is 0. The van der Waals surface area contributed by atoms with Crippen molar-refractivity contribution in [1.29, 1.82) is 0 Å². The molecular weight excluding hydrogens is 164 g/mol. The summed E-state index contributed by atoms with van der Waals surface area (Å²) < 4.78 is 4.76. The van der Waals surface area contributed by atoms with Gasteiger partial charge in [-0.05, 0) is 19.8 Å². The van der Waals surface area contributed by atoms with Crippen LogP contribution in [0.3, 0.4) is 0 Å². The zero-order chi connectivity index (χ0) is 10.7. The Morgan fingerprint density at radius 1 is 1.46 bits per heavy atom. The molecule has 0 saturated carbocycles. The first-order valence-electron chi connectivity index (χ1n) is 4.91. The summed E-state index contributed by atoms with van der Waals surface area (Å²) in [4.78, 5) is 10.8. The van der Waals surface area contributed by atoms with E-state index >= 15 is 0 Å². The monoisotopic (exact) mass is 186 g/mol. The quantitative estimate of drug-likeness (QED) is 0.498. The summed E-state index contributed by atoms with van der Waals surface area (Å²) in [6.07, 6.45) is 3.82. The smallest absolute Gasteiger partial charge is 0.308 e. The van der Waals surface area contributed by atoms with E-state index in [9.17, 15) is 4.79 Å². The fourth-order valence-corrected chi connectivity index (χ4v) is 0.451. The summed E-state index contributed by atoms with van der Waals surface area (Å²) in [6, 6.07) is 0. The topological polar surface area (TPSA) is 26.3 Å². The van der Waals surface area contributed by atoms with Gasteiger partial charge in [-0.3, -0.25) is 4.79 Å². The predicted molar refractivity (Wildman–Crippen MR) is 56.6 cm³/mol. The second kappa shape index (κ2) is 11.2. The third kappa shape index (κ3) is 11.2. The molecule has 0 N–H and O–H groups in total. The van der Waals surface area contributed by atoms with Gasteiger partial charge in [0.25, 0.3) is 0 Å². The van der Waals surface area contributed by atoms with Gasteiger partial charge in [0.05, 0.1) is 12.5 Å². The summed E-state index contributed by atoms with van der Waals surface area (Å²) in [5.74, 6) is -0.0232. The first-order valence-corrected chi connectivity index (χ1v) is 4.91. The van der Waals surface area contributed by atoms with Gasteiger partial charge in [0.1, 0.15) is 0 Å². The Hall–Kier alpha value is -0.790. The van der Waals surface area contributed by atoms with Gasteiger partial charge < -0.3 is 4.74 Å². The minimum atomic E-state index is -0.0833. The number of esters is 1. The van der Waals surface area contributed by atoms with Gasteiger partial charge >= 0.3 is 5.97 Å². The van der Waals surface area contributed by atoms with Gasteiger partial charge in [0, 0.05) is 0 Å². The summed E-state index contributed by atoms with van der Waals surface area (Å²) >= 11 is 0. The third-order valence-electron chi connectivity index (χ3n) is 1.59. The first-order chi connectivity index (χ1) is 6.13. The van der Waals surface area contributed by atoms with E-state index in [4.69, 9.17) is 4.74 Å². The van der Waals surface area contributed by atoms with Crippen molar-refractivity contribution in [3.63, 3.8) is 0 Å². The summed E-state index contributed by atoms with van der Waals surface area (Å²) in [5.41, 5.74) is 0. The van der Waals surface area contributed by atoms with Crippen LogP contribution in [0.1, 0.15) is 40.5 Å². The number of hydrogen-bond acceptors (Lipinski definition) is 2. The number of ether oxygens (including phenoxy) is 1. The number of carbonyl (C=O) groups is 1. The lowest BCUT2D eigenvalue weighted by Crippen LogP contribution is -2.13. The molecule has 0 bridgehead atoms. The molecule has 2 heteroatoms. The molecule has 0 aromatic heterocycles. The van der Waals surface area contributed by atoms with Crippen molar-refractivity contribution in [3.05, 3.63) is 12.7 Å². The molecule has 0 aliphatic rings. The Labute approximate surface area is 82.0 Å². The Balaban J connectivity index is 0. The first kappa shape index (κ1) is 14.7. The van der Waals surface area contributed by atoms with Crippen LogP contribution in [-0.4, -0.2) is 12.6 Å². The zero-order valence-corrected chi connectivity index (χ0v) is 9.30.